The molecule has 4 amide bonds. The number of halogens is 3. The lowest BCUT2D eigenvalue weighted by Crippen LogP contribution is -2.25. The van der Waals surface area contributed by atoms with Gasteiger partial charge in [0.05, 0.1) is 15.7 Å². The molecule has 0 atom stereocenters. The van der Waals surface area contributed by atoms with Crippen LogP contribution in [0.1, 0.15) is 42.5 Å². The van der Waals surface area contributed by atoms with Crippen LogP contribution in [0.25, 0.3) is 0 Å². The van der Waals surface area contributed by atoms with Crippen LogP contribution in [0.3, 0.4) is 0 Å². The summed E-state index contributed by atoms with van der Waals surface area (Å²) in [5, 5.41) is 16.6. The molecule has 0 radical (unpaired) electrons. The molecule has 5 N–H and O–H groups in total. The van der Waals surface area contributed by atoms with Crippen LogP contribution in [0.5, 0.6) is 0 Å². The van der Waals surface area contributed by atoms with Gasteiger partial charge in [-0.3, -0.25) is 14.8 Å². The highest BCUT2D eigenvalue weighted by molar-refractivity contribution is 6.42. The Hall–Kier alpha value is -2.88. The highest BCUT2D eigenvalue weighted by atomic mass is 35.5. The predicted molar refractivity (Wildman–Crippen MR) is 121 cm³/mol. The van der Waals surface area contributed by atoms with Gasteiger partial charge in [-0.15, -0.1) is 0 Å². The van der Waals surface area contributed by atoms with E-state index < -0.39 is 23.7 Å². The summed E-state index contributed by atoms with van der Waals surface area (Å²) in [6.07, 6.45) is 3.16. The van der Waals surface area contributed by atoms with Crippen LogP contribution in [0, 0.1) is 5.82 Å². The lowest BCUT2D eigenvalue weighted by molar-refractivity contribution is -0.129. The molecule has 0 saturated carbocycles. The fourth-order valence-electron chi connectivity index (χ4n) is 2.74. The van der Waals surface area contributed by atoms with Gasteiger partial charge < -0.3 is 16.0 Å². The Morgan fingerprint density at radius 3 is 2.34 bits per heavy atom. The zero-order chi connectivity index (χ0) is 23.5. The minimum Gasteiger partial charge on any atom is -0.352 e. The molecule has 0 unspecified atom stereocenters. The maximum atomic E-state index is 14.3. The van der Waals surface area contributed by atoms with E-state index in [1.165, 1.54) is 24.3 Å². The second-order valence-corrected chi connectivity index (χ2v) is 7.67. The van der Waals surface area contributed by atoms with Crippen molar-refractivity contribution < 1.29 is 24.0 Å². The first-order chi connectivity index (χ1) is 15.3. The Kier molecular flexibility index (Phi) is 10.2. The number of rotatable bonds is 10. The fourth-order valence-corrected chi connectivity index (χ4v) is 3.04. The fraction of sp³-hybridized carbons (Fsp3) is 0.286. The van der Waals surface area contributed by atoms with Crippen molar-refractivity contribution in [2.45, 2.75) is 32.1 Å². The van der Waals surface area contributed by atoms with Gasteiger partial charge in [0.15, 0.2) is 0 Å². The van der Waals surface area contributed by atoms with Gasteiger partial charge in [0.25, 0.3) is 5.91 Å². The summed E-state index contributed by atoms with van der Waals surface area (Å²) < 4.78 is 14.3. The topological polar surface area (TPSA) is 120 Å². The van der Waals surface area contributed by atoms with Crippen LogP contribution in [-0.2, 0) is 4.79 Å². The third kappa shape index (κ3) is 8.33. The van der Waals surface area contributed by atoms with Crippen LogP contribution >= 0.6 is 23.2 Å². The lowest BCUT2D eigenvalue weighted by Gasteiger charge is -2.10. The number of hydrogen-bond donors (Lipinski definition) is 5. The molecular weight excluding hydrogens is 462 g/mol. The minimum atomic E-state index is -0.760. The largest absolute Gasteiger partial charge is 0.352 e. The number of nitrogens with one attached hydrogen (secondary N) is 4. The van der Waals surface area contributed by atoms with E-state index in [0.29, 0.717) is 30.1 Å². The molecule has 0 fully saturated rings. The molecule has 0 spiro atoms. The predicted octanol–water partition coefficient (Wildman–Crippen LogP) is 4.96. The Bertz CT molecular complexity index is 975. The first kappa shape index (κ1) is 25.4. The highest BCUT2D eigenvalue weighted by Crippen LogP contribution is 2.25. The molecule has 32 heavy (non-hydrogen) atoms. The van der Waals surface area contributed by atoms with Crippen molar-refractivity contribution >= 4 is 52.4 Å². The summed E-state index contributed by atoms with van der Waals surface area (Å²) in [6, 6.07) is 7.57. The van der Waals surface area contributed by atoms with Crippen molar-refractivity contribution in [3.8, 4) is 0 Å². The van der Waals surface area contributed by atoms with Crippen molar-refractivity contribution in [1.82, 2.24) is 10.8 Å². The summed E-state index contributed by atoms with van der Waals surface area (Å²) in [7, 11) is 0. The van der Waals surface area contributed by atoms with Crippen LogP contribution in [0.2, 0.25) is 10.0 Å². The van der Waals surface area contributed by atoms with Gasteiger partial charge in [-0.25, -0.2) is 14.7 Å². The van der Waals surface area contributed by atoms with E-state index in [2.05, 4.69) is 16.0 Å². The average Bonchev–Trinajstić information content (AvgIpc) is 2.76. The molecule has 0 aromatic heterocycles. The monoisotopic (exact) mass is 484 g/mol. The van der Waals surface area contributed by atoms with E-state index in [1.807, 2.05) is 0 Å². The second-order valence-electron chi connectivity index (χ2n) is 6.86. The quantitative estimate of drug-likeness (QED) is 0.186. The number of amides is 4. The second kappa shape index (κ2) is 12.8. The normalized spacial score (nSPS) is 10.4. The van der Waals surface area contributed by atoms with Crippen molar-refractivity contribution in [2.75, 3.05) is 17.2 Å². The third-order valence-electron chi connectivity index (χ3n) is 4.40. The molecule has 8 nitrogen and oxygen atoms in total. The Morgan fingerprint density at radius 1 is 0.906 bits per heavy atom. The molecule has 2 rings (SSSR count). The number of urea groups is 1. The maximum absolute atomic E-state index is 14.3. The number of anilines is 2. The molecule has 0 heterocycles. The molecule has 0 aliphatic carbocycles. The van der Waals surface area contributed by atoms with Crippen molar-refractivity contribution in [2.24, 2.45) is 0 Å². The Balaban J connectivity index is 1.77. The van der Waals surface area contributed by atoms with E-state index >= 15 is 0 Å². The number of unbranched alkanes of at least 4 members (excludes halogenated alkanes) is 3. The minimum absolute atomic E-state index is 0.0916. The average molecular weight is 485 g/mol. The zero-order valence-electron chi connectivity index (χ0n) is 17.0. The molecule has 2 aromatic carbocycles. The van der Waals surface area contributed by atoms with E-state index in [-0.39, 0.29) is 22.7 Å². The number of benzene rings is 2. The maximum Gasteiger partial charge on any atom is 0.323 e. The van der Waals surface area contributed by atoms with Gasteiger partial charge in [-0.2, -0.15) is 0 Å². The first-order valence-corrected chi connectivity index (χ1v) is 10.6. The van der Waals surface area contributed by atoms with Crippen molar-refractivity contribution in [1.29, 1.82) is 0 Å². The van der Waals surface area contributed by atoms with Gasteiger partial charge in [-0.05, 0) is 49.2 Å². The van der Waals surface area contributed by atoms with Crippen LogP contribution < -0.4 is 21.4 Å². The van der Waals surface area contributed by atoms with E-state index in [1.54, 1.807) is 11.5 Å². The number of carbonyl (C=O) groups is 3. The Labute approximate surface area is 194 Å². The molecule has 0 aliphatic rings. The molecule has 0 bridgehead atoms. The smallest absolute Gasteiger partial charge is 0.323 e. The van der Waals surface area contributed by atoms with Gasteiger partial charge in [0.2, 0.25) is 5.91 Å². The van der Waals surface area contributed by atoms with Gasteiger partial charge >= 0.3 is 6.03 Å². The molecule has 11 heteroatoms. The number of hydrogen-bond acceptors (Lipinski definition) is 4. The third-order valence-corrected chi connectivity index (χ3v) is 5.14. The van der Waals surface area contributed by atoms with E-state index in [4.69, 9.17) is 28.4 Å². The van der Waals surface area contributed by atoms with Gasteiger partial charge in [0.1, 0.15) is 5.82 Å². The number of carbonyl (C=O) groups excluding carboxylic acids is 3. The molecule has 2 aromatic rings. The standard InChI is InChI=1S/C21H23Cl2FN4O4/c22-15-8-7-14(12-16(15)23)26-21(31)27-18-9-6-13(11-17(18)24)20(30)25-10-4-2-1-3-5-19(29)28-32/h6-9,11-12,32H,1-5,10H2,(H,25,30)(H,28,29)(H2,26,27,31). The molecule has 0 aliphatic heterocycles. The SMILES string of the molecule is O=C(CCCCCCNC(=O)c1ccc(NC(=O)Nc2ccc(Cl)c(Cl)c2)c(F)c1)NO. The van der Waals surface area contributed by atoms with Crippen LogP contribution in [0.4, 0.5) is 20.6 Å². The number of hydroxylamine groups is 1. The summed E-state index contributed by atoms with van der Waals surface area (Å²) in [5.41, 5.74) is 1.98. The van der Waals surface area contributed by atoms with Crippen molar-refractivity contribution in [3.05, 3.63) is 57.8 Å². The molecular formula is C21H23Cl2FN4O4. The zero-order valence-corrected chi connectivity index (χ0v) is 18.5. The summed E-state index contributed by atoms with van der Waals surface area (Å²) in [6.45, 7) is 0.401. The molecule has 0 saturated heterocycles. The first-order valence-electron chi connectivity index (χ1n) is 9.84. The van der Waals surface area contributed by atoms with Crippen LogP contribution in [-0.4, -0.2) is 29.6 Å². The summed E-state index contributed by atoms with van der Waals surface area (Å²) in [5.74, 6) is -1.62. The Morgan fingerprint density at radius 2 is 1.66 bits per heavy atom. The summed E-state index contributed by atoms with van der Waals surface area (Å²) >= 11 is 11.7. The van der Waals surface area contributed by atoms with Crippen molar-refractivity contribution in [3.63, 3.8) is 0 Å². The molecule has 172 valence electrons. The van der Waals surface area contributed by atoms with E-state index in [0.717, 1.165) is 18.9 Å². The van der Waals surface area contributed by atoms with E-state index in [9.17, 15) is 18.8 Å². The van der Waals surface area contributed by atoms with Gasteiger partial charge in [-0.1, -0.05) is 36.0 Å². The highest BCUT2D eigenvalue weighted by Gasteiger charge is 2.12. The van der Waals surface area contributed by atoms with Crippen LogP contribution in [0.15, 0.2) is 36.4 Å². The van der Waals surface area contributed by atoms with Gasteiger partial charge in [0, 0.05) is 24.2 Å². The lowest BCUT2D eigenvalue weighted by atomic mass is 10.1. The summed E-state index contributed by atoms with van der Waals surface area (Å²) in [4.78, 5) is 35.1.